The molecule has 3 rings (SSSR count). The van der Waals surface area contributed by atoms with Crippen molar-refractivity contribution in [2.45, 2.75) is 45.1 Å². The molecule has 1 N–H and O–H groups in total. The molecular formula is C16H26N2S. The third-order valence-electron chi connectivity index (χ3n) is 4.95. The van der Waals surface area contributed by atoms with Gasteiger partial charge in [0.15, 0.2) is 0 Å². The van der Waals surface area contributed by atoms with Gasteiger partial charge in [0, 0.05) is 24.0 Å². The number of nitrogens with one attached hydrogen (secondary N) is 1. The number of nitrogens with zero attached hydrogens (tertiary/aromatic N) is 1. The Kier molecular flexibility index (Phi) is 4.25. The van der Waals surface area contributed by atoms with Gasteiger partial charge in [0.25, 0.3) is 0 Å². The SMILES string of the molecule is CCC(c1cccs1)N1CCCC2(CCCNC2)C1. The van der Waals surface area contributed by atoms with Crippen LogP contribution in [0.25, 0.3) is 0 Å². The van der Waals surface area contributed by atoms with Crippen LogP contribution in [0, 0.1) is 5.41 Å². The Balaban J connectivity index is 1.73. The maximum atomic E-state index is 3.63. The lowest BCUT2D eigenvalue weighted by Crippen LogP contribution is -2.51. The summed E-state index contributed by atoms with van der Waals surface area (Å²) in [4.78, 5) is 4.32. The zero-order valence-electron chi connectivity index (χ0n) is 12.0. The first-order valence-electron chi connectivity index (χ1n) is 7.81. The van der Waals surface area contributed by atoms with Crippen LogP contribution in [0.2, 0.25) is 0 Å². The van der Waals surface area contributed by atoms with Crippen molar-refractivity contribution >= 4 is 11.3 Å². The zero-order valence-corrected chi connectivity index (χ0v) is 12.8. The Bertz CT molecular complexity index is 376. The van der Waals surface area contributed by atoms with Crippen molar-refractivity contribution in [1.82, 2.24) is 10.2 Å². The molecule has 19 heavy (non-hydrogen) atoms. The van der Waals surface area contributed by atoms with Gasteiger partial charge in [-0.2, -0.15) is 0 Å². The minimum Gasteiger partial charge on any atom is -0.316 e. The average molecular weight is 278 g/mol. The summed E-state index contributed by atoms with van der Waals surface area (Å²) < 4.78 is 0. The summed E-state index contributed by atoms with van der Waals surface area (Å²) in [6.45, 7) is 7.40. The molecule has 0 aromatic carbocycles. The Morgan fingerprint density at radius 1 is 1.42 bits per heavy atom. The molecule has 2 fully saturated rings. The molecule has 0 radical (unpaired) electrons. The van der Waals surface area contributed by atoms with Gasteiger partial charge in [-0.1, -0.05) is 13.0 Å². The Morgan fingerprint density at radius 2 is 2.32 bits per heavy atom. The van der Waals surface area contributed by atoms with Crippen LogP contribution in [0.3, 0.4) is 0 Å². The highest BCUT2D eigenvalue weighted by Crippen LogP contribution is 2.40. The predicted octanol–water partition coefficient (Wildman–Crippen LogP) is 3.66. The second-order valence-electron chi connectivity index (χ2n) is 6.29. The summed E-state index contributed by atoms with van der Waals surface area (Å²) >= 11 is 1.93. The van der Waals surface area contributed by atoms with Gasteiger partial charge in [0.2, 0.25) is 0 Å². The van der Waals surface area contributed by atoms with Crippen LogP contribution in [-0.4, -0.2) is 31.1 Å². The van der Waals surface area contributed by atoms with Crippen LogP contribution < -0.4 is 5.32 Å². The quantitative estimate of drug-likeness (QED) is 0.907. The van der Waals surface area contributed by atoms with Crippen molar-refractivity contribution in [2.75, 3.05) is 26.2 Å². The molecule has 0 aliphatic carbocycles. The van der Waals surface area contributed by atoms with Crippen LogP contribution in [0.1, 0.15) is 49.9 Å². The highest BCUT2D eigenvalue weighted by Gasteiger charge is 2.38. The van der Waals surface area contributed by atoms with E-state index in [0.29, 0.717) is 11.5 Å². The van der Waals surface area contributed by atoms with Gasteiger partial charge in [-0.3, -0.25) is 4.90 Å². The van der Waals surface area contributed by atoms with Gasteiger partial charge in [-0.05, 0) is 62.1 Å². The Labute approximate surface area is 121 Å². The first-order chi connectivity index (χ1) is 9.33. The fourth-order valence-electron chi connectivity index (χ4n) is 4.01. The molecule has 2 aliphatic heterocycles. The molecule has 0 bridgehead atoms. The lowest BCUT2D eigenvalue weighted by Gasteiger charge is -2.47. The molecule has 0 amide bonds. The molecule has 2 saturated heterocycles. The fraction of sp³-hybridized carbons (Fsp3) is 0.750. The lowest BCUT2D eigenvalue weighted by atomic mass is 9.74. The smallest absolute Gasteiger partial charge is 0.0439 e. The molecule has 2 nitrogen and oxygen atoms in total. The molecule has 3 heteroatoms. The largest absolute Gasteiger partial charge is 0.316 e. The first-order valence-corrected chi connectivity index (χ1v) is 8.69. The molecule has 1 spiro atoms. The monoisotopic (exact) mass is 278 g/mol. The fourth-order valence-corrected chi connectivity index (χ4v) is 4.96. The van der Waals surface area contributed by atoms with E-state index in [1.807, 2.05) is 11.3 Å². The molecule has 3 heterocycles. The van der Waals surface area contributed by atoms with Crippen LogP contribution in [0.4, 0.5) is 0 Å². The van der Waals surface area contributed by atoms with E-state index in [4.69, 9.17) is 0 Å². The Hall–Kier alpha value is -0.380. The first kappa shape index (κ1) is 13.6. The van der Waals surface area contributed by atoms with Gasteiger partial charge in [-0.25, -0.2) is 0 Å². The van der Waals surface area contributed by atoms with E-state index in [1.165, 1.54) is 58.3 Å². The molecule has 1 aromatic rings. The zero-order chi connectivity index (χ0) is 13.1. The van der Waals surface area contributed by atoms with Crippen LogP contribution in [0.5, 0.6) is 0 Å². The molecule has 2 unspecified atom stereocenters. The van der Waals surface area contributed by atoms with Crippen LogP contribution in [-0.2, 0) is 0 Å². The topological polar surface area (TPSA) is 15.3 Å². The maximum Gasteiger partial charge on any atom is 0.0439 e. The highest BCUT2D eigenvalue weighted by atomic mass is 32.1. The molecule has 0 saturated carbocycles. The van der Waals surface area contributed by atoms with Crippen LogP contribution >= 0.6 is 11.3 Å². The van der Waals surface area contributed by atoms with Gasteiger partial charge in [-0.15, -0.1) is 11.3 Å². The lowest BCUT2D eigenvalue weighted by molar-refractivity contribution is 0.0365. The minimum absolute atomic E-state index is 0.571. The third-order valence-corrected chi connectivity index (χ3v) is 5.92. The minimum atomic E-state index is 0.571. The van der Waals surface area contributed by atoms with Gasteiger partial charge < -0.3 is 5.32 Å². The van der Waals surface area contributed by atoms with Crippen molar-refractivity contribution in [3.8, 4) is 0 Å². The number of hydrogen-bond acceptors (Lipinski definition) is 3. The van der Waals surface area contributed by atoms with E-state index >= 15 is 0 Å². The summed E-state index contributed by atoms with van der Waals surface area (Å²) in [5.41, 5.74) is 0.571. The van der Waals surface area contributed by atoms with E-state index < -0.39 is 0 Å². The van der Waals surface area contributed by atoms with Crippen molar-refractivity contribution in [3.05, 3.63) is 22.4 Å². The van der Waals surface area contributed by atoms with E-state index in [0.717, 1.165) is 0 Å². The summed E-state index contributed by atoms with van der Waals surface area (Å²) in [6, 6.07) is 5.17. The Morgan fingerprint density at radius 3 is 3.00 bits per heavy atom. The van der Waals surface area contributed by atoms with Crippen molar-refractivity contribution < 1.29 is 0 Å². The summed E-state index contributed by atoms with van der Waals surface area (Å²) in [5, 5.41) is 5.86. The molecule has 1 aromatic heterocycles. The summed E-state index contributed by atoms with van der Waals surface area (Å²) in [5.74, 6) is 0. The maximum absolute atomic E-state index is 3.63. The van der Waals surface area contributed by atoms with E-state index in [-0.39, 0.29) is 0 Å². The molecule has 106 valence electrons. The van der Waals surface area contributed by atoms with Crippen LogP contribution in [0.15, 0.2) is 17.5 Å². The van der Waals surface area contributed by atoms with E-state index in [9.17, 15) is 0 Å². The third kappa shape index (κ3) is 2.88. The number of rotatable bonds is 3. The molecule has 2 atom stereocenters. The van der Waals surface area contributed by atoms with Gasteiger partial charge in [0.1, 0.15) is 0 Å². The molecular weight excluding hydrogens is 252 g/mol. The van der Waals surface area contributed by atoms with Crippen molar-refractivity contribution in [1.29, 1.82) is 0 Å². The predicted molar refractivity (Wildman–Crippen MR) is 82.7 cm³/mol. The van der Waals surface area contributed by atoms with Crippen molar-refractivity contribution in [3.63, 3.8) is 0 Å². The normalized spacial score (nSPS) is 30.6. The van der Waals surface area contributed by atoms with Gasteiger partial charge in [0.05, 0.1) is 0 Å². The average Bonchev–Trinajstić information content (AvgIpc) is 2.95. The number of hydrogen-bond donors (Lipinski definition) is 1. The second kappa shape index (κ2) is 5.94. The second-order valence-corrected chi connectivity index (χ2v) is 7.27. The molecule has 2 aliphatic rings. The number of likely N-dealkylation sites (tertiary alicyclic amines) is 1. The van der Waals surface area contributed by atoms with E-state index in [2.05, 4.69) is 34.7 Å². The summed E-state index contributed by atoms with van der Waals surface area (Å²) in [7, 11) is 0. The number of thiophene rings is 1. The standard InChI is InChI=1S/C16H26N2S/c1-2-14(15-6-3-11-19-15)18-10-5-8-16(13-18)7-4-9-17-12-16/h3,6,11,14,17H,2,4-5,7-10,12-13H2,1H3. The number of piperidine rings is 2. The van der Waals surface area contributed by atoms with E-state index in [1.54, 1.807) is 4.88 Å². The van der Waals surface area contributed by atoms with Crippen molar-refractivity contribution in [2.24, 2.45) is 5.41 Å². The highest BCUT2D eigenvalue weighted by molar-refractivity contribution is 7.10. The van der Waals surface area contributed by atoms with Gasteiger partial charge >= 0.3 is 0 Å². The summed E-state index contributed by atoms with van der Waals surface area (Å²) in [6.07, 6.45) is 6.84.